The molecule has 0 spiro atoms. The lowest BCUT2D eigenvalue weighted by Gasteiger charge is -2.30. The van der Waals surface area contributed by atoms with E-state index in [0.29, 0.717) is 18.7 Å². The first-order valence-electron chi connectivity index (χ1n) is 10.3. The highest BCUT2D eigenvalue weighted by atomic mass is 127. The molecule has 0 radical (unpaired) electrons. The smallest absolute Gasteiger partial charge is 0.251 e. The highest BCUT2D eigenvalue weighted by molar-refractivity contribution is 14.0. The topological polar surface area (TPSA) is 68.8 Å². The van der Waals surface area contributed by atoms with E-state index in [2.05, 4.69) is 64.0 Å². The van der Waals surface area contributed by atoms with Crippen LogP contribution >= 0.6 is 24.0 Å². The Morgan fingerprint density at radius 3 is 2.03 bits per heavy atom. The van der Waals surface area contributed by atoms with Crippen molar-refractivity contribution in [3.8, 4) is 0 Å². The molecule has 164 valence electrons. The molecule has 0 heterocycles. The van der Waals surface area contributed by atoms with E-state index in [4.69, 9.17) is 0 Å². The fourth-order valence-electron chi connectivity index (χ4n) is 3.26. The standard InChI is InChI=1S/C23H33N5O.HI/c1-4-28(5-2)21(19-12-8-6-9-13-19)18-27-23(24-3)26-17-16-25-22(29)20-14-10-7-11-15-20;/h6-15,21H,4-5,16-18H2,1-3H3,(H,25,29)(H2,24,26,27);1H. The maximum atomic E-state index is 12.1. The van der Waals surface area contributed by atoms with Crippen molar-refractivity contribution >= 4 is 35.8 Å². The Kier molecular flexibility index (Phi) is 12.8. The number of nitrogens with zero attached hydrogens (tertiary/aromatic N) is 2. The minimum atomic E-state index is -0.0685. The molecule has 2 aromatic carbocycles. The first kappa shape index (κ1) is 25.9. The van der Waals surface area contributed by atoms with Crippen LogP contribution < -0.4 is 16.0 Å². The Labute approximate surface area is 197 Å². The van der Waals surface area contributed by atoms with Crippen LogP contribution in [0.25, 0.3) is 0 Å². The Hall–Kier alpha value is -2.13. The van der Waals surface area contributed by atoms with Crippen molar-refractivity contribution in [2.24, 2.45) is 4.99 Å². The van der Waals surface area contributed by atoms with E-state index in [1.807, 2.05) is 24.3 Å². The number of hydrogen-bond donors (Lipinski definition) is 3. The van der Waals surface area contributed by atoms with Crippen LogP contribution in [0.1, 0.15) is 35.8 Å². The van der Waals surface area contributed by atoms with Gasteiger partial charge < -0.3 is 16.0 Å². The first-order valence-corrected chi connectivity index (χ1v) is 10.3. The summed E-state index contributed by atoms with van der Waals surface area (Å²) < 4.78 is 0. The van der Waals surface area contributed by atoms with E-state index in [1.54, 1.807) is 19.2 Å². The van der Waals surface area contributed by atoms with Crippen LogP contribution in [0.4, 0.5) is 0 Å². The van der Waals surface area contributed by atoms with E-state index < -0.39 is 0 Å². The number of nitrogens with one attached hydrogen (secondary N) is 3. The number of rotatable bonds is 10. The fraction of sp³-hybridized carbons (Fsp3) is 0.391. The van der Waals surface area contributed by atoms with Crippen LogP contribution in [0.15, 0.2) is 65.7 Å². The average molecular weight is 523 g/mol. The minimum Gasteiger partial charge on any atom is -0.355 e. The molecule has 0 aromatic heterocycles. The number of guanidine groups is 1. The van der Waals surface area contributed by atoms with Crippen LogP contribution in [0.2, 0.25) is 0 Å². The Morgan fingerprint density at radius 1 is 0.900 bits per heavy atom. The van der Waals surface area contributed by atoms with Crippen LogP contribution in [0.3, 0.4) is 0 Å². The number of carbonyl (C=O) groups is 1. The van der Waals surface area contributed by atoms with Crippen molar-refractivity contribution in [2.75, 3.05) is 39.8 Å². The van der Waals surface area contributed by atoms with Gasteiger partial charge >= 0.3 is 0 Å². The molecule has 0 saturated carbocycles. The molecule has 0 saturated heterocycles. The van der Waals surface area contributed by atoms with E-state index in [0.717, 1.165) is 25.6 Å². The normalized spacial score (nSPS) is 12.1. The highest BCUT2D eigenvalue weighted by Gasteiger charge is 2.18. The number of amides is 1. The van der Waals surface area contributed by atoms with E-state index in [1.165, 1.54) is 5.56 Å². The zero-order chi connectivity index (χ0) is 20.9. The average Bonchev–Trinajstić information content (AvgIpc) is 2.78. The summed E-state index contributed by atoms with van der Waals surface area (Å²) in [7, 11) is 1.76. The van der Waals surface area contributed by atoms with E-state index in [-0.39, 0.29) is 35.9 Å². The molecule has 0 aliphatic rings. The molecule has 30 heavy (non-hydrogen) atoms. The largest absolute Gasteiger partial charge is 0.355 e. The number of carbonyl (C=O) groups excluding carboxylic acids is 1. The molecule has 2 aromatic rings. The third-order valence-electron chi connectivity index (χ3n) is 4.86. The van der Waals surface area contributed by atoms with Gasteiger partial charge in [0.15, 0.2) is 5.96 Å². The third kappa shape index (κ3) is 8.31. The number of halogens is 1. The SMILES string of the molecule is CCN(CC)C(CNC(=NC)NCCNC(=O)c1ccccc1)c1ccccc1.I. The van der Waals surface area contributed by atoms with Gasteiger partial charge in [0.2, 0.25) is 0 Å². The molecule has 1 atom stereocenters. The van der Waals surface area contributed by atoms with Gasteiger partial charge in [0, 0.05) is 32.2 Å². The number of benzene rings is 2. The summed E-state index contributed by atoms with van der Waals surface area (Å²) in [6.45, 7) is 8.20. The second kappa shape index (κ2) is 14.8. The molecular formula is C23H34IN5O. The molecule has 6 nitrogen and oxygen atoms in total. The predicted octanol–water partition coefficient (Wildman–Crippen LogP) is 3.28. The number of hydrogen-bond acceptors (Lipinski definition) is 3. The lowest BCUT2D eigenvalue weighted by Crippen LogP contribution is -2.45. The van der Waals surface area contributed by atoms with Crippen LogP contribution in [0.5, 0.6) is 0 Å². The summed E-state index contributed by atoms with van der Waals surface area (Å²) in [4.78, 5) is 18.8. The summed E-state index contributed by atoms with van der Waals surface area (Å²) in [5.74, 6) is 0.660. The zero-order valence-corrected chi connectivity index (χ0v) is 20.4. The minimum absolute atomic E-state index is 0. The van der Waals surface area contributed by atoms with Gasteiger partial charge in [0.25, 0.3) is 5.91 Å². The molecule has 0 aliphatic carbocycles. The van der Waals surface area contributed by atoms with Crippen LogP contribution in [-0.4, -0.2) is 56.5 Å². The van der Waals surface area contributed by atoms with E-state index in [9.17, 15) is 4.79 Å². The summed E-state index contributed by atoms with van der Waals surface area (Å²) in [5.41, 5.74) is 1.95. The third-order valence-corrected chi connectivity index (χ3v) is 4.86. The number of aliphatic imine (C=N–C) groups is 1. The van der Waals surface area contributed by atoms with Crippen molar-refractivity contribution in [1.82, 2.24) is 20.9 Å². The monoisotopic (exact) mass is 523 g/mol. The molecule has 0 aliphatic heterocycles. The van der Waals surface area contributed by atoms with E-state index >= 15 is 0 Å². The quantitative estimate of drug-likeness (QED) is 0.194. The zero-order valence-electron chi connectivity index (χ0n) is 18.1. The lowest BCUT2D eigenvalue weighted by molar-refractivity contribution is 0.0954. The van der Waals surface area contributed by atoms with Crippen molar-refractivity contribution in [2.45, 2.75) is 19.9 Å². The van der Waals surface area contributed by atoms with Gasteiger partial charge in [-0.25, -0.2) is 0 Å². The van der Waals surface area contributed by atoms with Gasteiger partial charge in [0.05, 0.1) is 6.04 Å². The maximum absolute atomic E-state index is 12.1. The molecule has 1 amide bonds. The molecule has 0 bridgehead atoms. The van der Waals surface area contributed by atoms with Crippen molar-refractivity contribution in [3.63, 3.8) is 0 Å². The molecule has 1 unspecified atom stereocenters. The van der Waals surface area contributed by atoms with Crippen molar-refractivity contribution in [3.05, 3.63) is 71.8 Å². The van der Waals surface area contributed by atoms with Crippen molar-refractivity contribution < 1.29 is 4.79 Å². The van der Waals surface area contributed by atoms with Gasteiger partial charge in [-0.05, 0) is 30.8 Å². The van der Waals surface area contributed by atoms with Crippen LogP contribution in [-0.2, 0) is 0 Å². The predicted molar refractivity (Wildman–Crippen MR) is 136 cm³/mol. The maximum Gasteiger partial charge on any atom is 0.251 e. The second-order valence-corrected chi connectivity index (χ2v) is 6.65. The number of likely N-dealkylation sites (N-methyl/N-ethyl adjacent to an activating group) is 1. The Balaban J connectivity index is 0.00000450. The van der Waals surface area contributed by atoms with Crippen molar-refractivity contribution in [1.29, 1.82) is 0 Å². The van der Waals surface area contributed by atoms with Gasteiger partial charge in [-0.2, -0.15) is 0 Å². The first-order chi connectivity index (χ1) is 14.2. The van der Waals surface area contributed by atoms with Gasteiger partial charge in [-0.3, -0.25) is 14.7 Å². The second-order valence-electron chi connectivity index (χ2n) is 6.65. The van der Waals surface area contributed by atoms with Crippen LogP contribution in [0, 0.1) is 0 Å². The molecule has 0 fully saturated rings. The molecule has 3 N–H and O–H groups in total. The Bertz CT molecular complexity index is 751. The summed E-state index contributed by atoms with van der Waals surface area (Å²) in [5, 5.41) is 9.60. The molecular weight excluding hydrogens is 489 g/mol. The van der Waals surface area contributed by atoms with Gasteiger partial charge in [-0.1, -0.05) is 62.4 Å². The lowest BCUT2D eigenvalue weighted by atomic mass is 10.1. The Morgan fingerprint density at radius 2 is 1.47 bits per heavy atom. The summed E-state index contributed by atoms with van der Waals surface area (Å²) >= 11 is 0. The van der Waals surface area contributed by atoms with Gasteiger partial charge in [0.1, 0.15) is 0 Å². The fourth-order valence-corrected chi connectivity index (χ4v) is 3.26. The molecule has 7 heteroatoms. The highest BCUT2D eigenvalue weighted by Crippen LogP contribution is 2.19. The van der Waals surface area contributed by atoms with Gasteiger partial charge in [-0.15, -0.1) is 24.0 Å². The molecule has 2 rings (SSSR count). The summed E-state index contributed by atoms with van der Waals surface area (Å²) in [6.07, 6.45) is 0. The summed E-state index contributed by atoms with van der Waals surface area (Å²) in [6, 6.07) is 20.0.